The van der Waals surface area contributed by atoms with E-state index in [2.05, 4.69) is 6.58 Å². The minimum atomic E-state index is -0.704. The molecule has 94 valence electrons. The zero-order valence-corrected chi connectivity index (χ0v) is 9.84. The Morgan fingerprint density at radius 2 is 1.72 bits per heavy atom. The van der Waals surface area contributed by atoms with E-state index in [9.17, 15) is 14.4 Å². The molecule has 0 radical (unpaired) electrons. The molecule has 0 heterocycles. The third-order valence-electron chi connectivity index (χ3n) is 1.84. The van der Waals surface area contributed by atoms with Crippen molar-refractivity contribution in [2.45, 2.75) is 13.3 Å². The number of carbonyl (C=O) groups is 3. The average molecular weight is 248 g/mol. The standard InChI is InChI=1S/C13H12O5/c1-3-12(15)17-10-6-4-5-7-11(10)18-13(16)8-9(2)14/h3-7H,1,8H2,2H3. The third-order valence-corrected chi connectivity index (χ3v) is 1.84. The molecule has 0 fully saturated rings. The smallest absolute Gasteiger partial charge is 0.335 e. The molecule has 1 aromatic carbocycles. The molecular formula is C13H12O5. The fourth-order valence-corrected chi connectivity index (χ4v) is 1.13. The summed E-state index contributed by atoms with van der Waals surface area (Å²) in [4.78, 5) is 33.1. The number of hydrogen-bond acceptors (Lipinski definition) is 5. The lowest BCUT2D eigenvalue weighted by Crippen LogP contribution is -2.13. The Kier molecular flexibility index (Phi) is 4.80. The van der Waals surface area contributed by atoms with E-state index in [4.69, 9.17) is 9.47 Å². The third kappa shape index (κ3) is 4.21. The maximum Gasteiger partial charge on any atom is 0.335 e. The molecule has 1 rings (SSSR count). The summed E-state index contributed by atoms with van der Waals surface area (Å²) in [5.41, 5.74) is 0. The van der Waals surface area contributed by atoms with Gasteiger partial charge in [0.15, 0.2) is 11.5 Å². The van der Waals surface area contributed by atoms with Crippen LogP contribution in [0.15, 0.2) is 36.9 Å². The molecule has 0 amide bonds. The van der Waals surface area contributed by atoms with Gasteiger partial charge in [-0.25, -0.2) is 4.79 Å². The summed E-state index contributed by atoms with van der Waals surface area (Å²) >= 11 is 0. The van der Waals surface area contributed by atoms with E-state index in [1.165, 1.54) is 19.1 Å². The Hall–Kier alpha value is -2.43. The maximum atomic E-state index is 11.3. The van der Waals surface area contributed by atoms with Gasteiger partial charge in [0.2, 0.25) is 0 Å². The maximum absolute atomic E-state index is 11.3. The van der Waals surface area contributed by atoms with Gasteiger partial charge in [0.05, 0.1) is 0 Å². The van der Waals surface area contributed by atoms with Crippen molar-refractivity contribution in [1.29, 1.82) is 0 Å². The van der Waals surface area contributed by atoms with Crippen LogP contribution in [-0.4, -0.2) is 17.7 Å². The van der Waals surface area contributed by atoms with Crippen molar-refractivity contribution < 1.29 is 23.9 Å². The molecule has 0 N–H and O–H groups in total. The highest BCUT2D eigenvalue weighted by Gasteiger charge is 2.13. The normalized spacial score (nSPS) is 9.39. The molecule has 0 saturated carbocycles. The van der Waals surface area contributed by atoms with Crippen molar-refractivity contribution in [3.05, 3.63) is 36.9 Å². The Morgan fingerprint density at radius 1 is 1.17 bits per heavy atom. The van der Waals surface area contributed by atoms with E-state index in [0.29, 0.717) is 0 Å². The molecular weight excluding hydrogens is 236 g/mol. The highest BCUT2D eigenvalue weighted by molar-refractivity contribution is 5.95. The number of Topliss-reactive ketones (excluding diaryl/α,β-unsaturated/α-hetero) is 1. The van der Waals surface area contributed by atoms with Crippen LogP contribution in [0.25, 0.3) is 0 Å². The Bertz CT molecular complexity index is 490. The molecule has 0 unspecified atom stereocenters. The molecule has 1 aromatic rings. The minimum Gasteiger partial charge on any atom is -0.422 e. The second-order valence-corrected chi connectivity index (χ2v) is 3.42. The first kappa shape index (κ1) is 13.6. The van der Waals surface area contributed by atoms with Crippen molar-refractivity contribution in [2.24, 2.45) is 0 Å². The monoisotopic (exact) mass is 248 g/mol. The predicted octanol–water partition coefficient (Wildman–Crippen LogP) is 1.66. The number of rotatable bonds is 5. The average Bonchev–Trinajstić information content (AvgIpc) is 2.30. The topological polar surface area (TPSA) is 69.7 Å². The zero-order valence-electron chi connectivity index (χ0n) is 9.84. The molecule has 0 aromatic heterocycles. The number of ketones is 1. The van der Waals surface area contributed by atoms with Crippen molar-refractivity contribution in [2.75, 3.05) is 0 Å². The molecule has 0 aliphatic rings. The summed E-state index contributed by atoms with van der Waals surface area (Å²) in [5, 5.41) is 0. The number of benzene rings is 1. The van der Waals surface area contributed by atoms with Gasteiger partial charge in [0.25, 0.3) is 0 Å². The van der Waals surface area contributed by atoms with Crippen molar-refractivity contribution >= 4 is 17.7 Å². The fraction of sp³-hybridized carbons (Fsp3) is 0.154. The van der Waals surface area contributed by atoms with Gasteiger partial charge in [-0.05, 0) is 19.1 Å². The first-order valence-electron chi connectivity index (χ1n) is 5.16. The first-order valence-corrected chi connectivity index (χ1v) is 5.16. The Labute approximate surface area is 104 Å². The van der Waals surface area contributed by atoms with E-state index in [1.54, 1.807) is 12.1 Å². The Balaban J connectivity index is 2.81. The highest BCUT2D eigenvalue weighted by atomic mass is 16.6. The van der Waals surface area contributed by atoms with Crippen molar-refractivity contribution in [1.82, 2.24) is 0 Å². The van der Waals surface area contributed by atoms with Crippen LogP contribution in [0.4, 0.5) is 0 Å². The summed E-state index contributed by atoms with van der Waals surface area (Å²) < 4.78 is 9.81. The summed E-state index contributed by atoms with van der Waals surface area (Å²) in [6.45, 7) is 4.54. The largest absolute Gasteiger partial charge is 0.422 e. The van der Waals surface area contributed by atoms with E-state index in [1.807, 2.05) is 0 Å². The molecule has 5 nitrogen and oxygen atoms in total. The molecule has 0 aliphatic carbocycles. The predicted molar refractivity (Wildman–Crippen MR) is 63.2 cm³/mol. The van der Waals surface area contributed by atoms with E-state index in [0.717, 1.165) is 6.08 Å². The Morgan fingerprint density at radius 3 is 2.22 bits per heavy atom. The molecule has 0 atom stereocenters. The molecule has 0 saturated heterocycles. The van der Waals surface area contributed by atoms with Gasteiger partial charge in [-0.3, -0.25) is 9.59 Å². The summed E-state index contributed by atoms with van der Waals surface area (Å²) in [6.07, 6.45) is 0.665. The van der Waals surface area contributed by atoms with Crippen molar-refractivity contribution in [3.63, 3.8) is 0 Å². The lowest BCUT2D eigenvalue weighted by atomic mass is 10.3. The van der Waals surface area contributed by atoms with Gasteiger partial charge in [-0.2, -0.15) is 0 Å². The molecule has 0 bridgehead atoms. The number of ether oxygens (including phenoxy) is 2. The lowest BCUT2D eigenvalue weighted by molar-refractivity contribution is -0.138. The number of esters is 2. The van der Waals surface area contributed by atoms with Gasteiger partial charge in [-0.15, -0.1) is 0 Å². The van der Waals surface area contributed by atoms with E-state index < -0.39 is 11.9 Å². The highest BCUT2D eigenvalue weighted by Crippen LogP contribution is 2.26. The number of carbonyl (C=O) groups excluding carboxylic acids is 3. The van der Waals surface area contributed by atoms with Crippen LogP contribution in [-0.2, 0) is 14.4 Å². The van der Waals surface area contributed by atoms with Gasteiger partial charge >= 0.3 is 11.9 Å². The second-order valence-electron chi connectivity index (χ2n) is 3.42. The zero-order chi connectivity index (χ0) is 13.5. The van der Waals surface area contributed by atoms with E-state index >= 15 is 0 Å². The SMILES string of the molecule is C=CC(=O)Oc1ccccc1OC(=O)CC(C)=O. The lowest BCUT2D eigenvalue weighted by Gasteiger charge is -2.08. The van der Waals surface area contributed by atoms with Gasteiger partial charge in [0, 0.05) is 6.08 Å². The second kappa shape index (κ2) is 6.34. The van der Waals surface area contributed by atoms with Crippen LogP contribution in [0.1, 0.15) is 13.3 Å². The van der Waals surface area contributed by atoms with Crippen molar-refractivity contribution in [3.8, 4) is 11.5 Å². The van der Waals surface area contributed by atoms with E-state index in [-0.39, 0.29) is 23.7 Å². The molecule has 0 aliphatic heterocycles. The van der Waals surface area contributed by atoms with Crippen LogP contribution in [0.5, 0.6) is 11.5 Å². The van der Waals surface area contributed by atoms with Crippen LogP contribution in [0, 0.1) is 0 Å². The summed E-state index contributed by atoms with van der Waals surface area (Å²) in [6, 6.07) is 6.16. The quantitative estimate of drug-likeness (QED) is 0.343. The number of hydrogen-bond donors (Lipinski definition) is 0. The fourth-order valence-electron chi connectivity index (χ4n) is 1.13. The summed E-state index contributed by atoms with van der Waals surface area (Å²) in [7, 11) is 0. The van der Waals surface area contributed by atoms with Crippen LogP contribution < -0.4 is 9.47 Å². The first-order chi connectivity index (χ1) is 8.52. The van der Waals surface area contributed by atoms with Gasteiger partial charge in [0.1, 0.15) is 12.2 Å². The summed E-state index contributed by atoms with van der Waals surface area (Å²) in [5.74, 6) is -1.49. The number of para-hydroxylation sites is 2. The molecule has 0 spiro atoms. The molecule has 18 heavy (non-hydrogen) atoms. The van der Waals surface area contributed by atoms with Crippen LogP contribution in [0.3, 0.4) is 0 Å². The van der Waals surface area contributed by atoms with Gasteiger partial charge in [-0.1, -0.05) is 18.7 Å². The minimum absolute atomic E-state index is 0.0824. The molecule has 5 heteroatoms. The van der Waals surface area contributed by atoms with Crippen LogP contribution >= 0.6 is 0 Å². The van der Waals surface area contributed by atoms with Gasteiger partial charge < -0.3 is 9.47 Å². The van der Waals surface area contributed by atoms with Crippen LogP contribution in [0.2, 0.25) is 0 Å².